The van der Waals surface area contributed by atoms with Crippen LogP contribution < -0.4 is 0 Å². The highest BCUT2D eigenvalue weighted by molar-refractivity contribution is 5.54. The molecule has 3 heterocycles. The third-order valence-corrected chi connectivity index (χ3v) is 5.52. The van der Waals surface area contributed by atoms with E-state index in [4.69, 9.17) is 9.26 Å². The second-order valence-electron chi connectivity index (χ2n) is 7.74. The quantitative estimate of drug-likeness (QED) is 0.754. The summed E-state index contributed by atoms with van der Waals surface area (Å²) in [5, 5.41) is 3.94. The van der Waals surface area contributed by atoms with Crippen LogP contribution in [0.25, 0.3) is 11.4 Å². The average molecular weight is 410 g/mol. The number of likely N-dealkylation sites (tertiary alicyclic amines) is 1. The lowest BCUT2D eigenvalue weighted by Gasteiger charge is -2.36. The summed E-state index contributed by atoms with van der Waals surface area (Å²) in [6.07, 6.45) is -2.00. The Kier molecular flexibility index (Phi) is 6.17. The first-order valence-corrected chi connectivity index (χ1v) is 10.00. The lowest BCUT2D eigenvalue weighted by molar-refractivity contribution is -0.137. The van der Waals surface area contributed by atoms with Crippen molar-refractivity contribution in [2.24, 2.45) is 5.92 Å². The topological polar surface area (TPSA) is 54.6 Å². The minimum atomic E-state index is -4.35. The van der Waals surface area contributed by atoms with Crippen molar-refractivity contribution in [1.82, 2.24) is 19.9 Å². The van der Waals surface area contributed by atoms with E-state index in [1.54, 1.807) is 0 Å². The van der Waals surface area contributed by atoms with Crippen LogP contribution in [0, 0.1) is 5.92 Å². The van der Waals surface area contributed by atoms with Gasteiger partial charge in [-0.05, 0) is 37.4 Å². The molecule has 29 heavy (non-hydrogen) atoms. The van der Waals surface area contributed by atoms with Crippen molar-refractivity contribution >= 4 is 0 Å². The molecule has 0 N–H and O–H groups in total. The van der Waals surface area contributed by atoms with Crippen LogP contribution in [-0.2, 0) is 17.5 Å². The average Bonchev–Trinajstić information content (AvgIpc) is 3.17. The number of rotatable bonds is 5. The first kappa shape index (κ1) is 20.3. The van der Waals surface area contributed by atoms with Crippen molar-refractivity contribution in [3.63, 3.8) is 0 Å². The van der Waals surface area contributed by atoms with E-state index in [1.165, 1.54) is 18.6 Å². The standard InChI is InChI=1S/C20H25F3N4O2/c21-20(22,23)17-5-3-16(4-6-17)19-24-18(29-25-19)14-27-7-1-2-15(13-27)12-26-8-10-28-11-9-26/h3-6,15H,1-2,7-14H2. The van der Waals surface area contributed by atoms with Gasteiger partial charge in [-0.2, -0.15) is 18.2 Å². The smallest absolute Gasteiger partial charge is 0.379 e. The van der Waals surface area contributed by atoms with Crippen LogP contribution in [0.15, 0.2) is 28.8 Å². The molecule has 2 saturated heterocycles. The predicted octanol–water partition coefficient (Wildman–Crippen LogP) is 3.30. The first-order chi connectivity index (χ1) is 14.0. The van der Waals surface area contributed by atoms with Gasteiger partial charge >= 0.3 is 6.18 Å². The Labute approximate surface area is 167 Å². The van der Waals surface area contributed by atoms with E-state index in [9.17, 15) is 13.2 Å². The minimum Gasteiger partial charge on any atom is -0.379 e. The molecule has 2 aliphatic rings. The molecule has 0 spiro atoms. The molecular formula is C20H25F3N4O2. The van der Waals surface area contributed by atoms with Gasteiger partial charge in [-0.1, -0.05) is 17.3 Å². The molecule has 0 bridgehead atoms. The van der Waals surface area contributed by atoms with Gasteiger partial charge in [0.15, 0.2) is 0 Å². The highest BCUT2D eigenvalue weighted by Gasteiger charge is 2.30. The second-order valence-corrected chi connectivity index (χ2v) is 7.74. The Bertz CT molecular complexity index is 788. The molecule has 1 aromatic heterocycles. The first-order valence-electron chi connectivity index (χ1n) is 10.00. The molecule has 1 aromatic carbocycles. The van der Waals surface area contributed by atoms with Gasteiger partial charge in [-0.25, -0.2) is 0 Å². The predicted molar refractivity (Wildman–Crippen MR) is 100.0 cm³/mol. The molecule has 0 saturated carbocycles. The van der Waals surface area contributed by atoms with Gasteiger partial charge in [0, 0.05) is 31.7 Å². The van der Waals surface area contributed by atoms with Crippen molar-refractivity contribution in [2.75, 3.05) is 45.9 Å². The Balaban J connectivity index is 1.33. The molecule has 1 atom stereocenters. The number of ether oxygens (including phenoxy) is 1. The zero-order valence-corrected chi connectivity index (χ0v) is 16.2. The van der Waals surface area contributed by atoms with E-state index in [0.717, 1.165) is 64.5 Å². The fourth-order valence-electron chi connectivity index (χ4n) is 4.03. The molecule has 0 aliphatic carbocycles. The van der Waals surface area contributed by atoms with E-state index in [0.29, 0.717) is 29.7 Å². The van der Waals surface area contributed by atoms with Crippen LogP contribution in [0.5, 0.6) is 0 Å². The normalized spacial score (nSPS) is 22.1. The summed E-state index contributed by atoms with van der Waals surface area (Å²) in [7, 11) is 0. The molecule has 0 radical (unpaired) electrons. The maximum atomic E-state index is 12.7. The minimum absolute atomic E-state index is 0.315. The van der Waals surface area contributed by atoms with Crippen LogP contribution in [0.3, 0.4) is 0 Å². The van der Waals surface area contributed by atoms with Crippen molar-refractivity contribution in [1.29, 1.82) is 0 Å². The number of hydrogen-bond donors (Lipinski definition) is 0. The van der Waals surface area contributed by atoms with E-state index >= 15 is 0 Å². The van der Waals surface area contributed by atoms with Crippen LogP contribution in [0.4, 0.5) is 13.2 Å². The molecule has 1 unspecified atom stereocenters. The molecule has 9 heteroatoms. The van der Waals surface area contributed by atoms with Crippen molar-refractivity contribution in [3.8, 4) is 11.4 Å². The van der Waals surface area contributed by atoms with Crippen molar-refractivity contribution in [2.45, 2.75) is 25.6 Å². The molecule has 158 valence electrons. The van der Waals surface area contributed by atoms with Crippen LogP contribution in [0.2, 0.25) is 0 Å². The molecule has 2 aliphatic heterocycles. The third-order valence-electron chi connectivity index (χ3n) is 5.52. The van der Waals surface area contributed by atoms with Gasteiger partial charge in [0.05, 0.1) is 25.3 Å². The fourth-order valence-corrected chi connectivity index (χ4v) is 4.03. The van der Waals surface area contributed by atoms with Crippen molar-refractivity contribution < 1.29 is 22.4 Å². The SMILES string of the molecule is FC(F)(F)c1ccc(-c2noc(CN3CCCC(CN4CCOCC4)C3)n2)cc1. The summed E-state index contributed by atoms with van der Waals surface area (Å²) in [5.41, 5.74) is -0.179. The van der Waals surface area contributed by atoms with Gasteiger partial charge in [0.1, 0.15) is 0 Å². The Morgan fingerprint density at radius 3 is 2.52 bits per heavy atom. The number of alkyl halides is 3. The summed E-state index contributed by atoms with van der Waals surface area (Å²) in [4.78, 5) is 9.16. The summed E-state index contributed by atoms with van der Waals surface area (Å²) in [5.74, 6) is 1.42. The molecule has 4 rings (SSSR count). The van der Waals surface area contributed by atoms with Gasteiger partial charge in [0.2, 0.25) is 11.7 Å². The molecule has 2 fully saturated rings. The second kappa shape index (κ2) is 8.81. The van der Waals surface area contributed by atoms with E-state index < -0.39 is 11.7 Å². The maximum absolute atomic E-state index is 12.7. The summed E-state index contributed by atoms with van der Waals surface area (Å²) in [6.45, 7) is 7.23. The van der Waals surface area contributed by atoms with Gasteiger partial charge in [0.25, 0.3) is 0 Å². The number of hydrogen-bond acceptors (Lipinski definition) is 6. The Morgan fingerprint density at radius 2 is 1.79 bits per heavy atom. The van der Waals surface area contributed by atoms with E-state index in [-0.39, 0.29) is 0 Å². The molecular weight excluding hydrogens is 385 g/mol. The Morgan fingerprint density at radius 1 is 1.03 bits per heavy atom. The summed E-state index contributed by atoms with van der Waals surface area (Å²) < 4.78 is 48.9. The number of nitrogens with zero attached hydrogens (tertiary/aromatic N) is 4. The van der Waals surface area contributed by atoms with Gasteiger partial charge in [-0.3, -0.25) is 9.80 Å². The van der Waals surface area contributed by atoms with Crippen LogP contribution in [-0.4, -0.2) is 65.9 Å². The summed E-state index contributed by atoms with van der Waals surface area (Å²) in [6, 6.07) is 4.81. The third kappa shape index (κ3) is 5.34. The highest BCUT2D eigenvalue weighted by atomic mass is 19.4. The lowest BCUT2D eigenvalue weighted by atomic mass is 9.97. The lowest BCUT2D eigenvalue weighted by Crippen LogP contribution is -2.44. The number of benzene rings is 1. The zero-order valence-electron chi connectivity index (χ0n) is 16.2. The molecule has 0 amide bonds. The zero-order chi connectivity index (χ0) is 20.3. The van der Waals surface area contributed by atoms with Crippen LogP contribution in [0.1, 0.15) is 24.3 Å². The molecule has 6 nitrogen and oxygen atoms in total. The van der Waals surface area contributed by atoms with E-state index in [2.05, 4.69) is 19.9 Å². The van der Waals surface area contributed by atoms with Gasteiger partial charge < -0.3 is 9.26 Å². The molecule has 2 aromatic rings. The Hall–Kier alpha value is -1.97. The van der Waals surface area contributed by atoms with Crippen molar-refractivity contribution in [3.05, 3.63) is 35.7 Å². The maximum Gasteiger partial charge on any atom is 0.416 e. The highest BCUT2D eigenvalue weighted by Crippen LogP contribution is 2.30. The fraction of sp³-hybridized carbons (Fsp3) is 0.600. The van der Waals surface area contributed by atoms with E-state index in [1.807, 2.05) is 0 Å². The number of piperidine rings is 1. The largest absolute Gasteiger partial charge is 0.416 e. The summed E-state index contributed by atoms with van der Waals surface area (Å²) >= 11 is 0. The number of halogens is 3. The number of morpholine rings is 1. The van der Waals surface area contributed by atoms with Gasteiger partial charge in [-0.15, -0.1) is 0 Å². The number of aromatic nitrogens is 2. The monoisotopic (exact) mass is 410 g/mol. The van der Waals surface area contributed by atoms with Crippen LogP contribution >= 0.6 is 0 Å².